The number of rotatable bonds is 2. The van der Waals surface area contributed by atoms with Gasteiger partial charge in [-0.25, -0.2) is 9.59 Å². The molecule has 0 N–H and O–H groups in total. The van der Waals surface area contributed by atoms with Gasteiger partial charge >= 0.3 is 11.9 Å². The summed E-state index contributed by atoms with van der Waals surface area (Å²) in [4.78, 5) is 22.8. The molecule has 4 nitrogen and oxygen atoms in total. The molecule has 0 aromatic heterocycles. The zero-order valence-corrected chi connectivity index (χ0v) is 9.79. The molecule has 0 bridgehead atoms. The minimum absolute atomic E-state index is 0.406. The second-order valence-electron chi connectivity index (χ2n) is 3.47. The molecule has 0 spiro atoms. The SMILES string of the molecule is COC(=O)c1cc(C)c(C(=O)OC)cc1C. The third-order valence-electron chi connectivity index (χ3n) is 2.38. The largest absolute Gasteiger partial charge is 0.465 e. The molecule has 1 rings (SSSR count). The Bertz CT molecular complexity index is 393. The molecule has 0 aliphatic heterocycles. The number of carbonyl (C=O) groups excluding carboxylic acids is 2. The third kappa shape index (κ3) is 2.21. The van der Waals surface area contributed by atoms with Crippen LogP contribution in [0.5, 0.6) is 0 Å². The number of hydrogen-bond acceptors (Lipinski definition) is 4. The molecule has 4 heteroatoms. The normalized spacial score (nSPS) is 9.75. The van der Waals surface area contributed by atoms with E-state index in [1.165, 1.54) is 14.2 Å². The van der Waals surface area contributed by atoms with Crippen molar-refractivity contribution in [2.75, 3.05) is 14.2 Å². The number of hydrogen-bond donors (Lipinski definition) is 0. The second-order valence-corrected chi connectivity index (χ2v) is 3.47. The van der Waals surface area contributed by atoms with Crippen molar-refractivity contribution in [3.63, 3.8) is 0 Å². The highest BCUT2D eigenvalue weighted by atomic mass is 16.5. The first kappa shape index (κ1) is 12.2. The molecule has 86 valence electrons. The zero-order valence-electron chi connectivity index (χ0n) is 9.79. The maximum Gasteiger partial charge on any atom is 0.338 e. The standard InChI is InChI=1S/C12H14O4/c1-7-5-10(12(14)16-4)8(2)6-9(7)11(13)15-3/h5-6H,1-4H3. The summed E-state index contributed by atoms with van der Waals surface area (Å²) in [7, 11) is 2.65. The maximum atomic E-state index is 11.4. The lowest BCUT2D eigenvalue weighted by molar-refractivity contribution is 0.0585. The van der Waals surface area contributed by atoms with E-state index in [-0.39, 0.29) is 0 Å². The maximum absolute atomic E-state index is 11.4. The lowest BCUT2D eigenvalue weighted by atomic mass is 10.00. The Balaban J connectivity index is 3.27. The lowest BCUT2D eigenvalue weighted by Crippen LogP contribution is -2.09. The molecule has 1 aromatic carbocycles. The van der Waals surface area contributed by atoms with E-state index in [0.717, 1.165) is 0 Å². The van der Waals surface area contributed by atoms with Crippen molar-refractivity contribution in [2.45, 2.75) is 13.8 Å². The topological polar surface area (TPSA) is 52.6 Å². The predicted molar refractivity (Wildman–Crippen MR) is 58.6 cm³/mol. The molecule has 0 unspecified atom stereocenters. The van der Waals surface area contributed by atoms with Gasteiger partial charge in [-0.2, -0.15) is 0 Å². The number of methoxy groups -OCH3 is 2. The Hall–Kier alpha value is -1.84. The van der Waals surface area contributed by atoms with Crippen LogP contribution < -0.4 is 0 Å². The van der Waals surface area contributed by atoms with Gasteiger partial charge < -0.3 is 9.47 Å². The highest BCUT2D eigenvalue weighted by Gasteiger charge is 2.15. The summed E-state index contributed by atoms with van der Waals surface area (Å²) >= 11 is 0. The highest BCUT2D eigenvalue weighted by Crippen LogP contribution is 2.17. The summed E-state index contributed by atoms with van der Waals surface area (Å²) in [6.45, 7) is 3.50. The second kappa shape index (κ2) is 4.79. The van der Waals surface area contributed by atoms with Gasteiger partial charge in [0.1, 0.15) is 0 Å². The smallest absolute Gasteiger partial charge is 0.338 e. The molecule has 0 aliphatic rings. The van der Waals surface area contributed by atoms with Crippen LogP contribution in [0.4, 0.5) is 0 Å². The van der Waals surface area contributed by atoms with Crippen LogP contribution in [0.1, 0.15) is 31.8 Å². The van der Waals surface area contributed by atoms with Crippen molar-refractivity contribution < 1.29 is 19.1 Å². The van der Waals surface area contributed by atoms with Crippen LogP contribution in [0.15, 0.2) is 12.1 Å². The van der Waals surface area contributed by atoms with Gasteiger partial charge in [0.05, 0.1) is 25.3 Å². The van der Waals surface area contributed by atoms with Gasteiger partial charge in [0.2, 0.25) is 0 Å². The van der Waals surface area contributed by atoms with Crippen molar-refractivity contribution in [1.29, 1.82) is 0 Å². The zero-order chi connectivity index (χ0) is 12.3. The molecule has 0 fully saturated rings. The van der Waals surface area contributed by atoms with Crippen LogP contribution in [0.3, 0.4) is 0 Å². The minimum atomic E-state index is -0.406. The summed E-state index contributed by atoms with van der Waals surface area (Å²) in [5.74, 6) is -0.811. The van der Waals surface area contributed by atoms with Gasteiger partial charge in [0.25, 0.3) is 0 Å². The molecular weight excluding hydrogens is 208 g/mol. The predicted octanol–water partition coefficient (Wildman–Crippen LogP) is 1.88. The van der Waals surface area contributed by atoms with E-state index in [1.807, 2.05) is 0 Å². The Labute approximate surface area is 94.2 Å². The van der Waals surface area contributed by atoms with Gasteiger partial charge in [-0.3, -0.25) is 0 Å². The van der Waals surface area contributed by atoms with Crippen LogP contribution in [0.2, 0.25) is 0 Å². The molecule has 1 aromatic rings. The molecule has 0 atom stereocenters. The van der Waals surface area contributed by atoms with Crippen molar-refractivity contribution in [1.82, 2.24) is 0 Å². The van der Waals surface area contributed by atoms with E-state index in [4.69, 9.17) is 0 Å². The fourth-order valence-corrected chi connectivity index (χ4v) is 1.48. The summed E-state index contributed by atoms with van der Waals surface area (Å²) in [6.07, 6.45) is 0. The molecule has 16 heavy (non-hydrogen) atoms. The molecule has 0 saturated heterocycles. The van der Waals surface area contributed by atoms with E-state index >= 15 is 0 Å². The minimum Gasteiger partial charge on any atom is -0.465 e. The Kier molecular flexibility index (Phi) is 3.66. The van der Waals surface area contributed by atoms with Crippen molar-refractivity contribution in [2.24, 2.45) is 0 Å². The Morgan fingerprint density at radius 3 is 1.44 bits per heavy atom. The average Bonchev–Trinajstić information content (AvgIpc) is 2.29. The highest BCUT2D eigenvalue weighted by molar-refractivity contribution is 5.96. The summed E-state index contributed by atoms with van der Waals surface area (Å²) in [5.41, 5.74) is 2.32. The fourth-order valence-electron chi connectivity index (χ4n) is 1.48. The monoisotopic (exact) mass is 222 g/mol. The van der Waals surface area contributed by atoms with Crippen molar-refractivity contribution >= 4 is 11.9 Å². The number of ether oxygens (including phenoxy) is 2. The molecular formula is C12H14O4. The van der Waals surface area contributed by atoms with Crippen LogP contribution in [-0.4, -0.2) is 26.2 Å². The Morgan fingerprint density at radius 2 is 1.19 bits per heavy atom. The van der Waals surface area contributed by atoms with Gasteiger partial charge in [0, 0.05) is 0 Å². The van der Waals surface area contributed by atoms with E-state index in [9.17, 15) is 9.59 Å². The van der Waals surface area contributed by atoms with Gasteiger partial charge in [-0.15, -0.1) is 0 Å². The molecule has 0 radical (unpaired) electrons. The van der Waals surface area contributed by atoms with Gasteiger partial charge in [-0.05, 0) is 37.1 Å². The quantitative estimate of drug-likeness (QED) is 0.717. The molecule has 0 heterocycles. The lowest BCUT2D eigenvalue weighted by Gasteiger charge is -2.09. The summed E-state index contributed by atoms with van der Waals surface area (Å²) in [5, 5.41) is 0. The molecule has 0 amide bonds. The van der Waals surface area contributed by atoms with E-state index in [0.29, 0.717) is 22.3 Å². The van der Waals surface area contributed by atoms with Crippen LogP contribution in [0.25, 0.3) is 0 Å². The number of esters is 2. The van der Waals surface area contributed by atoms with Crippen LogP contribution >= 0.6 is 0 Å². The van der Waals surface area contributed by atoms with Gasteiger partial charge in [0.15, 0.2) is 0 Å². The third-order valence-corrected chi connectivity index (χ3v) is 2.38. The van der Waals surface area contributed by atoms with Crippen LogP contribution in [0, 0.1) is 13.8 Å². The summed E-state index contributed by atoms with van der Waals surface area (Å²) in [6, 6.07) is 3.26. The van der Waals surface area contributed by atoms with E-state index in [2.05, 4.69) is 9.47 Å². The average molecular weight is 222 g/mol. The van der Waals surface area contributed by atoms with Crippen LogP contribution in [-0.2, 0) is 9.47 Å². The molecule has 0 saturated carbocycles. The molecule has 0 aliphatic carbocycles. The first-order chi connectivity index (χ1) is 7.51. The first-order valence-corrected chi connectivity index (χ1v) is 4.79. The van der Waals surface area contributed by atoms with Gasteiger partial charge in [-0.1, -0.05) is 0 Å². The van der Waals surface area contributed by atoms with E-state index in [1.54, 1.807) is 26.0 Å². The Morgan fingerprint density at radius 1 is 0.875 bits per heavy atom. The number of benzene rings is 1. The fraction of sp³-hybridized carbons (Fsp3) is 0.333. The number of aryl methyl sites for hydroxylation is 2. The van der Waals surface area contributed by atoms with E-state index < -0.39 is 11.9 Å². The number of carbonyl (C=O) groups is 2. The van der Waals surface area contributed by atoms with Crippen molar-refractivity contribution in [3.8, 4) is 0 Å². The summed E-state index contributed by atoms with van der Waals surface area (Å²) < 4.78 is 9.29. The first-order valence-electron chi connectivity index (χ1n) is 4.79. The van der Waals surface area contributed by atoms with Crippen molar-refractivity contribution in [3.05, 3.63) is 34.4 Å².